The quantitative estimate of drug-likeness (QED) is 0.300. The number of benzene rings is 2. The number of hydrogen-bond donors (Lipinski definition) is 3. The van der Waals surface area contributed by atoms with E-state index in [0.29, 0.717) is 23.8 Å². The topological polar surface area (TPSA) is 132 Å². The first kappa shape index (κ1) is 25.6. The number of carbonyl (C=O) groups excluding carboxylic acids is 1. The molecule has 0 bridgehead atoms. The van der Waals surface area contributed by atoms with Crippen LogP contribution in [-0.4, -0.2) is 35.5 Å². The Hall–Kier alpha value is -3.47. The Morgan fingerprint density at radius 2 is 1.72 bits per heavy atom. The van der Waals surface area contributed by atoms with E-state index in [9.17, 15) is 13.2 Å². The smallest absolute Gasteiger partial charge is 0.328 e. The van der Waals surface area contributed by atoms with Crippen LogP contribution in [-0.2, 0) is 29.4 Å². The van der Waals surface area contributed by atoms with Crippen LogP contribution in [0.2, 0.25) is 5.15 Å². The fourth-order valence-corrected chi connectivity index (χ4v) is 4.85. The third-order valence-electron chi connectivity index (χ3n) is 5.74. The average Bonchev–Trinajstić information content (AvgIpc) is 3.21. The van der Waals surface area contributed by atoms with E-state index >= 15 is 0 Å². The first-order valence-electron chi connectivity index (χ1n) is 11.4. The summed E-state index contributed by atoms with van der Waals surface area (Å²) < 4.78 is 28.8. The van der Waals surface area contributed by atoms with Gasteiger partial charge in [-0.05, 0) is 60.4 Å². The standard InChI is InChI=1S/C25H27ClN6O3S/c1-3-22-29-21-14-16(2)23(26)30-24(21)32(22)19-8-4-17(5-9-19)12-13-28-25(33)31-36(34,35)20-10-6-18(15-27)7-11-20/h4-11,14H,3,12-13,15,27H2,1-2H3,(H2,28,31,33). The molecule has 0 spiro atoms. The molecule has 2 heterocycles. The minimum absolute atomic E-state index is 0.00477. The van der Waals surface area contributed by atoms with Gasteiger partial charge < -0.3 is 11.1 Å². The molecule has 0 saturated heterocycles. The van der Waals surface area contributed by atoms with Crippen LogP contribution in [0.1, 0.15) is 29.4 Å². The Kier molecular flexibility index (Phi) is 7.58. The van der Waals surface area contributed by atoms with E-state index in [4.69, 9.17) is 22.3 Å². The maximum atomic E-state index is 12.4. The number of halogens is 1. The Labute approximate surface area is 214 Å². The molecule has 36 heavy (non-hydrogen) atoms. The third-order valence-corrected chi connectivity index (χ3v) is 7.47. The number of urea groups is 1. The monoisotopic (exact) mass is 526 g/mol. The number of nitrogens with one attached hydrogen (secondary N) is 2. The van der Waals surface area contributed by atoms with Crippen molar-refractivity contribution in [2.45, 2.75) is 38.1 Å². The Morgan fingerprint density at radius 1 is 1.06 bits per heavy atom. The molecule has 4 N–H and O–H groups in total. The molecule has 188 valence electrons. The van der Waals surface area contributed by atoms with Gasteiger partial charge in [-0.25, -0.2) is 27.9 Å². The van der Waals surface area contributed by atoms with E-state index in [1.807, 2.05) is 53.5 Å². The minimum Gasteiger partial charge on any atom is -0.337 e. The van der Waals surface area contributed by atoms with Gasteiger partial charge in [0.25, 0.3) is 10.0 Å². The number of pyridine rings is 1. The van der Waals surface area contributed by atoms with Gasteiger partial charge >= 0.3 is 6.03 Å². The first-order valence-corrected chi connectivity index (χ1v) is 13.3. The molecule has 4 rings (SSSR count). The van der Waals surface area contributed by atoms with E-state index in [-0.39, 0.29) is 11.4 Å². The molecule has 0 atom stereocenters. The Morgan fingerprint density at radius 3 is 2.36 bits per heavy atom. The number of hydrogen-bond acceptors (Lipinski definition) is 6. The molecule has 0 fully saturated rings. The minimum atomic E-state index is -3.97. The van der Waals surface area contributed by atoms with Gasteiger partial charge in [0.05, 0.1) is 4.90 Å². The van der Waals surface area contributed by atoms with E-state index in [2.05, 4.69) is 10.3 Å². The highest BCUT2D eigenvalue weighted by Gasteiger charge is 2.17. The molecule has 0 aliphatic rings. The summed E-state index contributed by atoms with van der Waals surface area (Å²) >= 11 is 6.26. The lowest BCUT2D eigenvalue weighted by atomic mass is 10.1. The van der Waals surface area contributed by atoms with Gasteiger partial charge in [0.15, 0.2) is 5.65 Å². The lowest BCUT2D eigenvalue weighted by Gasteiger charge is -2.11. The number of fused-ring (bicyclic) bond motifs is 1. The van der Waals surface area contributed by atoms with Crippen LogP contribution in [0, 0.1) is 6.92 Å². The van der Waals surface area contributed by atoms with Crippen LogP contribution in [0.3, 0.4) is 0 Å². The molecule has 2 aromatic carbocycles. The number of nitrogens with zero attached hydrogens (tertiary/aromatic N) is 3. The first-order chi connectivity index (χ1) is 17.2. The van der Waals surface area contributed by atoms with Gasteiger partial charge in [-0.15, -0.1) is 0 Å². The zero-order valence-corrected chi connectivity index (χ0v) is 21.5. The molecular weight excluding hydrogens is 500 g/mol. The molecule has 0 aliphatic carbocycles. The largest absolute Gasteiger partial charge is 0.337 e. The summed E-state index contributed by atoms with van der Waals surface area (Å²) in [5.74, 6) is 0.879. The van der Waals surface area contributed by atoms with Crippen molar-refractivity contribution in [3.63, 3.8) is 0 Å². The second-order valence-electron chi connectivity index (χ2n) is 8.28. The Bertz CT molecular complexity index is 1500. The number of rotatable bonds is 8. The number of nitrogens with two attached hydrogens (primary N) is 1. The van der Waals surface area contributed by atoms with Gasteiger partial charge in [-0.1, -0.05) is 42.8 Å². The van der Waals surface area contributed by atoms with Gasteiger partial charge in [0.1, 0.15) is 16.5 Å². The zero-order chi connectivity index (χ0) is 25.9. The van der Waals surface area contributed by atoms with Crippen molar-refractivity contribution in [2.75, 3.05) is 6.54 Å². The predicted octanol–water partition coefficient (Wildman–Crippen LogP) is 3.63. The molecule has 2 aromatic heterocycles. The SMILES string of the molecule is CCc1nc2cc(C)c(Cl)nc2n1-c1ccc(CCNC(=O)NS(=O)(=O)c2ccc(CN)cc2)cc1. The van der Waals surface area contributed by atoms with Crippen LogP contribution < -0.4 is 15.8 Å². The second-order valence-corrected chi connectivity index (χ2v) is 10.3. The summed E-state index contributed by atoms with van der Waals surface area (Å²) in [6.45, 7) is 4.50. The number of aromatic nitrogens is 3. The van der Waals surface area contributed by atoms with E-state index in [1.54, 1.807) is 12.1 Å². The fourth-order valence-electron chi connectivity index (χ4n) is 3.79. The van der Waals surface area contributed by atoms with E-state index < -0.39 is 16.1 Å². The molecule has 0 radical (unpaired) electrons. The maximum Gasteiger partial charge on any atom is 0.328 e. The van der Waals surface area contributed by atoms with Gasteiger partial charge in [-0.2, -0.15) is 0 Å². The number of aryl methyl sites for hydroxylation is 2. The third kappa shape index (κ3) is 5.51. The molecule has 0 unspecified atom stereocenters. The lowest BCUT2D eigenvalue weighted by molar-refractivity contribution is 0.246. The zero-order valence-electron chi connectivity index (χ0n) is 20.0. The highest BCUT2D eigenvalue weighted by molar-refractivity contribution is 7.90. The molecule has 0 aliphatic heterocycles. The summed E-state index contributed by atoms with van der Waals surface area (Å²) in [5.41, 5.74) is 10.6. The van der Waals surface area contributed by atoms with Crippen molar-refractivity contribution in [3.8, 4) is 5.69 Å². The van der Waals surface area contributed by atoms with E-state index in [1.165, 1.54) is 12.1 Å². The predicted molar refractivity (Wildman–Crippen MR) is 140 cm³/mol. The number of imidazole rings is 1. The van der Waals surface area contributed by atoms with Crippen LogP contribution in [0.4, 0.5) is 4.79 Å². The highest BCUT2D eigenvalue weighted by atomic mass is 35.5. The fraction of sp³-hybridized carbons (Fsp3) is 0.240. The molecule has 9 nitrogen and oxygen atoms in total. The molecule has 11 heteroatoms. The summed E-state index contributed by atoms with van der Waals surface area (Å²) in [7, 11) is -3.97. The number of amides is 2. The molecule has 4 aromatic rings. The summed E-state index contributed by atoms with van der Waals surface area (Å²) in [4.78, 5) is 21.4. The van der Waals surface area contributed by atoms with Crippen LogP contribution in [0.25, 0.3) is 16.9 Å². The highest BCUT2D eigenvalue weighted by Crippen LogP contribution is 2.25. The molecular formula is C25H27ClN6O3S. The van der Waals surface area contributed by atoms with Crippen molar-refractivity contribution in [1.82, 2.24) is 24.6 Å². The van der Waals surface area contributed by atoms with E-state index in [0.717, 1.165) is 40.1 Å². The van der Waals surface area contributed by atoms with Crippen LogP contribution in [0.15, 0.2) is 59.5 Å². The summed E-state index contributed by atoms with van der Waals surface area (Å²) in [6, 6.07) is 15.0. The summed E-state index contributed by atoms with van der Waals surface area (Å²) in [6.07, 6.45) is 1.25. The van der Waals surface area contributed by atoms with Gasteiger partial charge in [0, 0.05) is 25.2 Å². The number of sulfonamides is 1. The van der Waals surface area contributed by atoms with Crippen LogP contribution in [0.5, 0.6) is 0 Å². The number of carbonyl (C=O) groups is 1. The Balaban J connectivity index is 1.39. The normalized spacial score (nSPS) is 11.6. The van der Waals surface area contributed by atoms with Crippen molar-refractivity contribution < 1.29 is 13.2 Å². The molecule has 0 saturated carbocycles. The van der Waals surface area contributed by atoms with Crippen LogP contribution >= 0.6 is 11.6 Å². The average molecular weight is 527 g/mol. The van der Waals surface area contributed by atoms with Gasteiger partial charge in [0.2, 0.25) is 0 Å². The lowest BCUT2D eigenvalue weighted by Crippen LogP contribution is -2.40. The maximum absolute atomic E-state index is 12.4. The van der Waals surface area contributed by atoms with Crippen molar-refractivity contribution in [3.05, 3.63) is 82.3 Å². The van der Waals surface area contributed by atoms with Gasteiger partial charge in [-0.3, -0.25) is 4.57 Å². The second kappa shape index (κ2) is 10.7. The summed E-state index contributed by atoms with van der Waals surface area (Å²) in [5, 5.41) is 3.03. The molecule has 2 amide bonds. The van der Waals surface area contributed by atoms with Crippen molar-refractivity contribution >= 4 is 38.8 Å². The van der Waals surface area contributed by atoms with Crippen molar-refractivity contribution in [1.29, 1.82) is 0 Å². The van der Waals surface area contributed by atoms with Crippen molar-refractivity contribution in [2.24, 2.45) is 5.73 Å².